The van der Waals surface area contributed by atoms with Gasteiger partial charge >= 0.3 is 0 Å². The van der Waals surface area contributed by atoms with E-state index >= 15 is 0 Å². The number of ether oxygens (including phenoxy) is 1. The molecule has 0 aliphatic carbocycles. The van der Waals surface area contributed by atoms with E-state index in [0.29, 0.717) is 17.0 Å². The zero-order valence-corrected chi connectivity index (χ0v) is 10.7. The Kier molecular flexibility index (Phi) is 3.00. The van der Waals surface area contributed by atoms with Crippen molar-refractivity contribution >= 4 is 15.7 Å². The first-order valence-corrected chi connectivity index (χ1v) is 6.92. The first-order valence-electron chi connectivity index (χ1n) is 5.03. The van der Waals surface area contributed by atoms with Gasteiger partial charge in [0, 0.05) is 12.3 Å². The number of nitrogens with two attached hydrogens (primary N) is 1. The van der Waals surface area contributed by atoms with E-state index in [1.165, 1.54) is 19.2 Å². The molecule has 1 heterocycles. The van der Waals surface area contributed by atoms with Crippen molar-refractivity contribution in [2.45, 2.75) is 4.90 Å². The molecule has 0 radical (unpaired) electrons. The Hall–Kier alpha value is -2.02. The molecule has 2 N–H and O–H groups in total. The van der Waals surface area contributed by atoms with Gasteiger partial charge in [0.1, 0.15) is 11.4 Å². The fraction of sp³-hybridized carbons (Fsp3) is 0.182. The fourth-order valence-electron chi connectivity index (χ4n) is 1.65. The number of hydrogen-bond acceptors (Lipinski definition) is 6. The van der Waals surface area contributed by atoms with Crippen molar-refractivity contribution < 1.29 is 17.7 Å². The second-order valence-electron chi connectivity index (χ2n) is 3.72. The summed E-state index contributed by atoms with van der Waals surface area (Å²) in [6.45, 7) is 0. The highest BCUT2D eigenvalue weighted by molar-refractivity contribution is 7.90. The average Bonchev–Trinajstić information content (AvgIpc) is 2.73. The van der Waals surface area contributed by atoms with Crippen molar-refractivity contribution in [2.75, 3.05) is 19.1 Å². The van der Waals surface area contributed by atoms with Gasteiger partial charge in [0.05, 0.1) is 17.6 Å². The molecule has 0 spiro atoms. The number of benzene rings is 1. The van der Waals surface area contributed by atoms with E-state index in [2.05, 4.69) is 5.16 Å². The van der Waals surface area contributed by atoms with Gasteiger partial charge < -0.3 is 15.0 Å². The van der Waals surface area contributed by atoms with Crippen molar-refractivity contribution in [3.05, 3.63) is 24.3 Å². The Bertz CT molecular complexity index is 676. The van der Waals surface area contributed by atoms with Crippen LogP contribution in [0.2, 0.25) is 0 Å². The third-order valence-electron chi connectivity index (χ3n) is 2.39. The minimum atomic E-state index is -3.41. The van der Waals surface area contributed by atoms with Crippen molar-refractivity contribution in [1.82, 2.24) is 5.16 Å². The lowest BCUT2D eigenvalue weighted by atomic mass is 10.1. The van der Waals surface area contributed by atoms with E-state index in [1.54, 1.807) is 12.1 Å². The fourth-order valence-corrected chi connectivity index (χ4v) is 2.55. The van der Waals surface area contributed by atoms with Crippen LogP contribution < -0.4 is 10.5 Å². The van der Waals surface area contributed by atoms with Crippen LogP contribution in [0.1, 0.15) is 0 Å². The maximum Gasteiger partial charge on any atom is 0.222 e. The summed E-state index contributed by atoms with van der Waals surface area (Å²) >= 11 is 0. The largest absolute Gasteiger partial charge is 0.496 e. The number of anilines is 1. The molecule has 2 aromatic rings. The second-order valence-corrected chi connectivity index (χ2v) is 5.70. The van der Waals surface area contributed by atoms with Gasteiger partial charge in [0.15, 0.2) is 9.84 Å². The lowest BCUT2D eigenvalue weighted by Crippen LogP contribution is -2.01. The summed E-state index contributed by atoms with van der Waals surface area (Å²) < 4.78 is 33.4. The van der Waals surface area contributed by atoms with E-state index in [1.807, 2.05) is 0 Å². The van der Waals surface area contributed by atoms with Crippen molar-refractivity contribution in [1.29, 1.82) is 0 Å². The minimum absolute atomic E-state index is 0.107. The van der Waals surface area contributed by atoms with E-state index in [9.17, 15) is 8.42 Å². The molecule has 6 nitrogen and oxygen atoms in total. The van der Waals surface area contributed by atoms with E-state index < -0.39 is 9.84 Å². The number of nitrogen functional groups attached to an aromatic ring is 1. The molecule has 0 saturated heterocycles. The topological polar surface area (TPSA) is 95.4 Å². The number of rotatable bonds is 3. The molecular weight excluding hydrogens is 256 g/mol. The Morgan fingerprint density at radius 2 is 2.11 bits per heavy atom. The summed E-state index contributed by atoms with van der Waals surface area (Å²) in [4.78, 5) is 0.121. The van der Waals surface area contributed by atoms with Crippen molar-refractivity contribution in [3.63, 3.8) is 0 Å². The van der Waals surface area contributed by atoms with Crippen LogP contribution in [0.15, 0.2) is 33.7 Å². The molecule has 0 fully saturated rings. The summed E-state index contributed by atoms with van der Waals surface area (Å²) in [5.74, 6) is 0.501. The van der Waals surface area contributed by atoms with Gasteiger partial charge in [0.2, 0.25) is 5.88 Å². The molecule has 0 bridgehead atoms. The van der Waals surface area contributed by atoms with Gasteiger partial charge in [-0.15, -0.1) is 0 Å². The Morgan fingerprint density at radius 1 is 1.39 bits per heavy atom. The van der Waals surface area contributed by atoms with Gasteiger partial charge in [-0.05, 0) is 12.1 Å². The van der Waals surface area contributed by atoms with Crippen LogP contribution >= 0.6 is 0 Å². The predicted molar refractivity (Wildman–Crippen MR) is 66.0 cm³/mol. The van der Waals surface area contributed by atoms with E-state index in [0.717, 1.165) is 6.26 Å². The van der Waals surface area contributed by atoms with Crippen LogP contribution in [0.25, 0.3) is 11.3 Å². The van der Waals surface area contributed by atoms with Crippen LogP contribution in [0.5, 0.6) is 5.75 Å². The number of methoxy groups -OCH3 is 1. The molecule has 0 saturated carbocycles. The summed E-state index contributed by atoms with van der Waals surface area (Å²) in [5, 5.41) is 3.72. The monoisotopic (exact) mass is 268 g/mol. The zero-order chi connectivity index (χ0) is 13.3. The zero-order valence-electron chi connectivity index (χ0n) is 9.88. The second kappa shape index (κ2) is 4.34. The van der Waals surface area contributed by atoms with Gasteiger partial charge in [0.25, 0.3) is 0 Å². The quantitative estimate of drug-likeness (QED) is 0.902. The summed E-state index contributed by atoms with van der Waals surface area (Å²) in [5.41, 5.74) is 6.12. The van der Waals surface area contributed by atoms with Crippen LogP contribution in [-0.2, 0) is 9.84 Å². The SMILES string of the molecule is COc1cccc(S(C)(=O)=O)c1-c1cc(N)on1. The van der Waals surface area contributed by atoms with Crippen LogP contribution in [-0.4, -0.2) is 26.9 Å². The van der Waals surface area contributed by atoms with E-state index in [-0.39, 0.29) is 10.8 Å². The van der Waals surface area contributed by atoms with Crippen molar-refractivity contribution in [3.8, 4) is 17.0 Å². The molecule has 0 amide bonds. The maximum absolute atomic E-state index is 11.8. The molecule has 1 aromatic heterocycles. The van der Waals surface area contributed by atoms with Crippen molar-refractivity contribution in [2.24, 2.45) is 0 Å². The summed E-state index contributed by atoms with van der Waals surface area (Å²) in [6, 6.07) is 6.18. The molecule has 0 aliphatic heterocycles. The lowest BCUT2D eigenvalue weighted by molar-refractivity contribution is 0.412. The van der Waals surface area contributed by atoms with Crippen LogP contribution in [0.3, 0.4) is 0 Å². The Morgan fingerprint density at radius 3 is 2.61 bits per heavy atom. The average molecular weight is 268 g/mol. The molecular formula is C11H12N2O4S. The lowest BCUT2D eigenvalue weighted by Gasteiger charge is -2.10. The smallest absolute Gasteiger partial charge is 0.222 e. The molecule has 96 valence electrons. The number of hydrogen-bond donors (Lipinski definition) is 1. The molecule has 1 aromatic carbocycles. The minimum Gasteiger partial charge on any atom is -0.496 e. The summed E-state index contributed by atoms with van der Waals surface area (Å²) in [6.07, 6.45) is 1.12. The third kappa shape index (κ3) is 2.17. The van der Waals surface area contributed by atoms with Gasteiger partial charge in [-0.3, -0.25) is 0 Å². The first kappa shape index (κ1) is 12.4. The van der Waals surface area contributed by atoms with Crippen LogP contribution in [0, 0.1) is 0 Å². The van der Waals surface area contributed by atoms with Gasteiger partial charge in [-0.2, -0.15) is 0 Å². The number of nitrogens with zero attached hydrogens (tertiary/aromatic N) is 1. The highest BCUT2D eigenvalue weighted by Gasteiger charge is 2.21. The first-order chi connectivity index (χ1) is 8.43. The third-order valence-corrected chi connectivity index (χ3v) is 3.53. The highest BCUT2D eigenvalue weighted by atomic mass is 32.2. The summed E-state index contributed by atoms with van der Waals surface area (Å²) in [7, 11) is -1.95. The Labute approximate surface area is 104 Å². The molecule has 0 unspecified atom stereocenters. The molecule has 0 atom stereocenters. The molecule has 7 heteroatoms. The normalized spacial score (nSPS) is 11.4. The molecule has 18 heavy (non-hydrogen) atoms. The van der Waals surface area contributed by atoms with Gasteiger partial charge in [-0.1, -0.05) is 11.2 Å². The number of sulfone groups is 1. The van der Waals surface area contributed by atoms with E-state index in [4.69, 9.17) is 15.0 Å². The predicted octanol–water partition coefficient (Wildman–Crippen LogP) is 1.34. The standard InChI is InChI=1S/C11H12N2O4S/c1-16-8-4-3-5-9(18(2,14)15)11(8)7-6-10(12)17-13-7/h3-6H,12H2,1-2H3. The Balaban J connectivity index is 2.78. The maximum atomic E-state index is 11.8. The highest BCUT2D eigenvalue weighted by Crippen LogP contribution is 2.35. The number of aromatic nitrogens is 1. The molecule has 0 aliphatic rings. The molecule has 2 rings (SSSR count). The van der Waals surface area contributed by atoms with Crippen LogP contribution in [0.4, 0.5) is 5.88 Å². The van der Waals surface area contributed by atoms with Gasteiger partial charge in [-0.25, -0.2) is 8.42 Å².